The molecule has 142 valence electrons. The number of aliphatic hydroxyl groups is 1. The van der Waals surface area contributed by atoms with Crippen molar-refractivity contribution in [2.75, 3.05) is 6.61 Å². The van der Waals surface area contributed by atoms with Crippen LogP contribution in [0.5, 0.6) is 5.75 Å². The van der Waals surface area contributed by atoms with Gasteiger partial charge in [-0.05, 0) is 29.7 Å². The molecule has 2 nitrogen and oxygen atoms in total. The van der Waals surface area contributed by atoms with E-state index in [4.69, 9.17) is 5.11 Å². The minimum Gasteiger partial charge on any atom is -0.507 e. The van der Waals surface area contributed by atoms with Gasteiger partial charge in [-0.25, -0.2) is 0 Å². The lowest BCUT2D eigenvalue weighted by atomic mass is 10.1. The highest BCUT2D eigenvalue weighted by atomic mass is 16.3. The summed E-state index contributed by atoms with van der Waals surface area (Å²) in [7, 11) is 0. The maximum absolute atomic E-state index is 9.56. The Morgan fingerprint density at radius 3 is 1.21 bits per heavy atom. The topological polar surface area (TPSA) is 40.5 Å². The molecule has 0 aromatic heterocycles. The summed E-state index contributed by atoms with van der Waals surface area (Å²) in [5, 5.41) is 17.1. The predicted molar refractivity (Wildman–Crippen MR) is 118 cm³/mol. The van der Waals surface area contributed by atoms with Gasteiger partial charge in [-0.2, -0.15) is 0 Å². The molecule has 0 heterocycles. The Bertz CT molecular complexity index is 867. The minimum absolute atomic E-state index is 0.250. The predicted octanol–water partition coefficient (Wildman–Crippen LogP) is 6.41. The summed E-state index contributed by atoms with van der Waals surface area (Å²) in [6, 6.07) is 38.0. The number of rotatable bonds is 2. The number of para-hydroxylation sites is 1. The van der Waals surface area contributed by atoms with Gasteiger partial charge in [0.15, 0.2) is 0 Å². The summed E-state index contributed by atoms with van der Waals surface area (Å²) in [5.74, 6) is 0.328. The van der Waals surface area contributed by atoms with Crippen molar-refractivity contribution < 1.29 is 10.2 Å². The highest BCUT2D eigenvalue weighted by Gasteiger charge is 2.00. The first-order chi connectivity index (χ1) is 13.8. The van der Waals surface area contributed by atoms with Gasteiger partial charge in [0.2, 0.25) is 0 Å². The van der Waals surface area contributed by atoms with Gasteiger partial charge < -0.3 is 10.2 Å². The Morgan fingerprint density at radius 2 is 0.821 bits per heavy atom. The normalized spacial score (nSPS) is 9.36. The van der Waals surface area contributed by atoms with E-state index in [1.165, 1.54) is 11.1 Å². The van der Waals surface area contributed by atoms with Crippen LogP contribution >= 0.6 is 0 Å². The second-order valence-corrected chi connectivity index (χ2v) is 5.93. The summed E-state index contributed by atoms with van der Waals surface area (Å²) in [6.45, 7) is 1.93. The van der Waals surface area contributed by atoms with E-state index >= 15 is 0 Å². The monoisotopic (exact) mass is 370 g/mol. The van der Waals surface area contributed by atoms with Crippen LogP contribution in [0.3, 0.4) is 0 Å². The summed E-state index contributed by atoms with van der Waals surface area (Å²) >= 11 is 0. The van der Waals surface area contributed by atoms with E-state index in [1.807, 2.05) is 60.7 Å². The first kappa shape index (κ1) is 20.9. The van der Waals surface area contributed by atoms with E-state index in [2.05, 4.69) is 48.5 Å². The fraction of sp³-hybridized carbons (Fsp3) is 0.0769. The third-order valence-electron chi connectivity index (χ3n) is 3.87. The number of hydrogen-bond acceptors (Lipinski definition) is 2. The summed E-state index contributed by atoms with van der Waals surface area (Å²) in [4.78, 5) is 0. The van der Waals surface area contributed by atoms with Crippen LogP contribution in [0.25, 0.3) is 22.3 Å². The van der Waals surface area contributed by atoms with E-state index in [1.54, 1.807) is 13.0 Å². The molecule has 0 aliphatic carbocycles. The van der Waals surface area contributed by atoms with E-state index < -0.39 is 0 Å². The van der Waals surface area contributed by atoms with Crippen LogP contribution in [0.4, 0.5) is 0 Å². The third kappa shape index (κ3) is 6.75. The lowest BCUT2D eigenvalue weighted by Crippen LogP contribution is -1.76. The Labute approximate surface area is 167 Å². The third-order valence-corrected chi connectivity index (χ3v) is 3.87. The highest BCUT2D eigenvalue weighted by Crippen LogP contribution is 2.27. The molecule has 4 rings (SSSR count). The van der Waals surface area contributed by atoms with Crippen LogP contribution in [-0.4, -0.2) is 16.8 Å². The van der Waals surface area contributed by atoms with Crippen LogP contribution in [0.1, 0.15) is 6.92 Å². The van der Waals surface area contributed by atoms with Gasteiger partial charge in [-0.3, -0.25) is 0 Å². The first-order valence-electron chi connectivity index (χ1n) is 9.31. The molecule has 0 bridgehead atoms. The van der Waals surface area contributed by atoms with Gasteiger partial charge in [-0.1, -0.05) is 109 Å². The van der Waals surface area contributed by atoms with E-state index in [0.717, 1.165) is 11.1 Å². The van der Waals surface area contributed by atoms with E-state index in [9.17, 15) is 5.11 Å². The molecule has 4 aromatic rings. The van der Waals surface area contributed by atoms with Gasteiger partial charge in [-0.15, -0.1) is 0 Å². The average molecular weight is 370 g/mol. The van der Waals surface area contributed by atoms with Crippen LogP contribution < -0.4 is 0 Å². The standard InChI is InChI=1S/C12H10O.C12H10.C2H6O/c13-12-9-5-4-8-11(12)10-6-2-1-3-7-10;1-3-7-11(8-4-1)12-9-5-2-6-10-12;1-2-3/h1-9,13H;1-10H;3H,2H2,1H3. The highest BCUT2D eigenvalue weighted by molar-refractivity contribution is 5.69. The molecule has 0 unspecified atom stereocenters. The van der Waals surface area contributed by atoms with Crippen LogP contribution in [0.15, 0.2) is 115 Å². The maximum Gasteiger partial charge on any atom is 0.123 e. The number of hydrogen-bond donors (Lipinski definition) is 2. The van der Waals surface area contributed by atoms with Crippen molar-refractivity contribution in [1.82, 2.24) is 0 Å². The number of phenols is 1. The second-order valence-electron chi connectivity index (χ2n) is 5.93. The SMILES string of the molecule is CCO.Oc1ccccc1-c1ccccc1.c1ccc(-c2ccccc2)cc1. The van der Waals surface area contributed by atoms with Crippen molar-refractivity contribution in [3.63, 3.8) is 0 Å². The van der Waals surface area contributed by atoms with Gasteiger partial charge >= 0.3 is 0 Å². The number of aromatic hydroxyl groups is 1. The van der Waals surface area contributed by atoms with Crippen LogP contribution in [-0.2, 0) is 0 Å². The molecule has 0 aliphatic heterocycles. The molecule has 0 radical (unpaired) electrons. The fourth-order valence-corrected chi connectivity index (χ4v) is 2.60. The van der Waals surface area contributed by atoms with Gasteiger partial charge in [0.05, 0.1) is 0 Å². The Hall–Kier alpha value is -3.36. The quantitative estimate of drug-likeness (QED) is 0.428. The molecule has 0 aliphatic rings. The zero-order chi connectivity index (χ0) is 20.0. The van der Waals surface area contributed by atoms with Gasteiger partial charge in [0.1, 0.15) is 5.75 Å². The zero-order valence-corrected chi connectivity index (χ0v) is 16.1. The Kier molecular flexibility index (Phi) is 9.05. The molecular formula is C26H26O2. The first-order valence-corrected chi connectivity index (χ1v) is 9.31. The van der Waals surface area contributed by atoms with Crippen LogP contribution in [0.2, 0.25) is 0 Å². The second kappa shape index (κ2) is 12.1. The van der Waals surface area contributed by atoms with Crippen molar-refractivity contribution in [2.45, 2.75) is 6.92 Å². The number of benzene rings is 4. The molecule has 0 saturated carbocycles. The summed E-state index contributed by atoms with van der Waals surface area (Å²) < 4.78 is 0. The van der Waals surface area contributed by atoms with Crippen molar-refractivity contribution in [3.05, 3.63) is 115 Å². The summed E-state index contributed by atoms with van der Waals surface area (Å²) in [6.07, 6.45) is 0. The van der Waals surface area contributed by atoms with Crippen molar-refractivity contribution >= 4 is 0 Å². The molecule has 4 aromatic carbocycles. The van der Waals surface area contributed by atoms with E-state index in [-0.39, 0.29) is 6.61 Å². The molecule has 0 amide bonds. The molecule has 0 fully saturated rings. The van der Waals surface area contributed by atoms with Crippen molar-refractivity contribution in [2.24, 2.45) is 0 Å². The van der Waals surface area contributed by atoms with Crippen molar-refractivity contribution in [3.8, 4) is 28.0 Å². The molecular weight excluding hydrogens is 344 g/mol. The number of phenolic OH excluding ortho intramolecular Hbond substituents is 1. The lowest BCUT2D eigenvalue weighted by Gasteiger charge is -2.02. The van der Waals surface area contributed by atoms with Gasteiger partial charge in [0, 0.05) is 12.2 Å². The molecule has 28 heavy (non-hydrogen) atoms. The molecule has 2 N–H and O–H groups in total. The smallest absolute Gasteiger partial charge is 0.123 e. The average Bonchev–Trinajstić information content (AvgIpc) is 2.77. The largest absolute Gasteiger partial charge is 0.507 e. The molecule has 0 atom stereocenters. The summed E-state index contributed by atoms with van der Waals surface area (Å²) in [5.41, 5.74) is 4.47. The van der Waals surface area contributed by atoms with E-state index in [0.29, 0.717) is 5.75 Å². The molecule has 0 spiro atoms. The fourth-order valence-electron chi connectivity index (χ4n) is 2.60. The maximum atomic E-state index is 9.56. The Balaban J connectivity index is 0.000000176. The molecule has 2 heteroatoms. The lowest BCUT2D eigenvalue weighted by molar-refractivity contribution is 0.318. The minimum atomic E-state index is 0.250. The van der Waals surface area contributed by atoms with Crippen molar-refractivity contribution in [1.29, 1.82) is 0 Å². The molecule has 0 saturated heterocycles. The van der Waals surface area contributed by atoms with Gasteiger partial charge in [0.25, 0.3) is 0 Å². The number of aliphatic hydroxyl groups excluding tert-OH is 1. The van der Waals surface area contributed by atoms with Crippen LogP contribution in [0, 0.1) is 0 Å². The zero-order valence-electron chi connectivity index (χ0n) is 16.1. The Morgan fingerprint density at radius 1 is 0.500 bits per heavy atom.